The molecule has 0 saturated heterocycles. The normalized spacial score (nSPS) is 17.4. The van der Waals surface area contributed by atoms with Gasteiger partial charge in [0.25, 0.3) is 0 Å². The highest BCUT2D eigenvalue weighted by Crippen LogP contribution is 2.54. The van der Waals surface area contributed by atoms with E-state index in [1.807, 2.05) is 48.5 Å². The number of hydrogen-bond acceptors (Lipinski definition) is 1. The van der Waals surface area contributed by atoms with Gasteiger partial charge in [-0.1, -0.05) is 97.1 Å². The average Bonchev–Trinajstić information content (AvgIpc) is 2.99. The Balaban J connectivity index is 1.91. The van der Waals surface area contributed by atoms with Crippen molar-refractivity contribution in [1.29, 1.82) is 0 Å². The largest absolute Gasteiger partial charge is 0.376 e. The van der Waals surface area contributed by atoms with Crippen molar-refractivity contribution in [2.24, 2.45) is 0 Å². The molecule has 1 nitrogen and oxygen atoms in total. The van der Waals surface area contributed by atoms with Gasteiger partial charge in [0.05, 0.1) is 0 Å². The van der Waals surface area contributed by atoms with Crippen molar-refractivity contribution in [3.63, 3.8) is 0 Å². The van der Waals surface area contributed by atoms with E-state index < -0.39 is 5.60 Å². The molecule has 4 aromatic rings. The fraction of sp³-hybridized carbons (Fsp3) is 0.0769. The fourth-order valence-electron chi connectivity index (χ4n) is 4.45. The van der Waals surface area contributed by atoms with E-state index in [1.165, 1.54) is 0 Å². The van der Waals surface area contributed by atoms with Crippen molar-refractivity contribution in [3.8, 4) is 22.3 Å². The number of aryl methyl sites for hydroxylation is 1. The summed E-state index contributed by atoms with van der Waals surface area (Å²) in [6.45, 7) is 2.07. The van der Waals surface area contributed by atoms with Gasteiger partial charge in [-0.3, -0.25) is 0 Å². The van der Waals surface area contributed by atoms with Gasteiger partial charge in [0, 0.05) is 11.1 Å². The lowest BCUT2D eigenvalue weighted by Crippen LogP contribution is -2.28. The lowest BCUT2D eigenvalue weighted by atomic mass is 9.79. The molecule has 0 radical (unpaired) electrons. The lowest BCUT2D eigenvalue weighted by molar-refractivity contribution is 0.130. The van der Waals surface area contributed by atoms with Crippen LogP contribution in [0.15, 0.2) is 97.1 Å². The van der Waals surface area contributed by atoms with Gasteiger partial charge in [0.15, 0.2) is 0 Å². The number of fused-ring (bicyclic) bond motifs is 3. The number of hydrogen-bond donors (Lipinski definition) is 1. The highest BCUT2D eigenvalue weighted by atomic mass is 16.3. The molecule has 0 bridgehead atoms. The smallest absolute Gasteiger partial charge is 0.142 e. The van der Waals surface area contributed by atoms with Gasteiger partial charge < -0.3 is 5.11 Å². The minimum Gasteiger partial charge on any atom is -0.376 e. The first-order valence-corrected chi connectivity index (χ1v) is 9.28. The number of aliphatic hydroxyl groups is 1. The Morgan fingerprint density at radius 3 is 1.93 bits per heavy atom. The summed E-state index contributed by atoms with van der Waals surface area (Å²) in [7, 11) is 0. The summed E-state index contributed by atoms with van der Waals surface area (Å²) in [6.07, 6.45) is 0. The summed E-state index contributed by atoms with van der Waals surface area (Å²) in [5.41, 5.74) is 7.22. The molecule has 5 rings (SSSR count). The molecular weight excluding hydrogens is 328 g/mol. The molecule has 4 aromatic carbocycles. The molecule has 1 heteroatoms. The molecule has 0 fully saturated rings. The molecule has 1 unspecified atom stereocenters. The molecule has 1 aliphatic carbocycles. The van der Waals surface area contributed by atoms with Crippen molar-refractivity contribution < 1.29 is 5.11 Å². The van der Waals surface area contributed by atoms with Crippen LogP contribution in [0.5, 0.6) is 0 Å². The third kappa shape index (κ3) is 2.22. The Morgan fingerprint density at radius 2 is 1.15 bits per heavy atom. The van der Waals surface area contributed by atoms with Gasteiger partial charge in [-0.2, -0.15) is 0 Å². The minimum atomic E-state index is -1.16. The molecular formula is C26H20O. The zero-order valence-electron chi connectivity index (χ0n) is 15.2. The van der Waals surface area contributed by atoms with Gasteiger partial charge in [-0.15, -0.1) is 0 Å². The maximum Gasteiger partial charge on any atom is 0.142 e. The zero-order valence-corrected chi connectivity index (χ0v) is 15.2. The second-order valence-electron chi connectivity index (χ2n) is 7.17. The molecule has 1 aliphatic rings. The molecule has 1 N–H and O–H groups in total. The van der Waals surface area contributed by atoms with Gasteiger partial charge in [-0.25, -0.2) is 0 Å². The molecule has 0 aliphatic heterocycles. The maximum atomic E-state index is 12.3. The quantitative estimate of drug-likeness (QED) is 0.476. The average molecular weight is 348 g/mol. The van der Waals surface area contributed by atoms with Crippen LogP contribution in [0.25, 0.3) is 22.3 Å². The summed E-state index contributed by atoms with van der Waals surface area (Å²) >= 11 is 0. The van der Waals surface area contributed by atoms with Crippen LogP contribution in [-0.4, -0.2) is 5.11 Å². The predicted octanol–water partition coefficient (Wildman–Crippen LogP) is 5.93. The van der Waals surface area contributed by atoms with E-state index in [9.17, 15) is 5.11 Å². The van der Waals surface area contributed by atoms with E-state index in [1.54, 1.807) is 0 Å². The fourth-order valence-corrected chi connectivity index (χ4v) is 4.45. The Hall–Kier alpha value is -3.16. The van der Waals surface area contributed by atoms with Gasteiger partial charge >= 0.3 is 0 Å². The lowest BCUT2D eigenvalue weighted by Gasteiger charge is -2.30. The Bertz CT molecular complexity index is 1140. The Morgan fingerprint density at radius 1 is 0.556 bits per heavy atom. The highest BCUT2D eigenvalue weighted by Gasteiger charge is 2.45. The Kier molecular flexibility index (Phi) is 3.53. The summed E-state index contributed by atoms with van der Waals surface area (Å²) in [6, 6.07) is 33.0. The molecule has 0 amide bonds. The van der Waals surface area contributed by atoms with Crippen LogP contribution < -0.4 is 0 Å². The summed E-state index contributed by atoms with van der Waals surface area (Å²) < 4.78 is 0. The van der Waals surface area contributed by atoms with Gasteiger partial charge in [-0.05, 0) is 40.3 Å². The first-order valence-electron chi connectivity index (χ1n) is 9.28. The second-order valence-corrected chi connectivity index (χ2v) is 7.17. The summed E-state index contributed by atoms with van der Waals surface area (Å²) in [4.78, 5) is 0. The van der Waals surface area contributed by atoms with Crippen molar-refractivity contribution in [1.82, 2.24) is 0 Å². The van der Waals surface area contributed by atoms with E-state index in [0.29, 0.717) is 0 Å². The van der Waals surface area contributed by atoms with Crippen molar-refractivity contribution in [2.45, 2.75) is 12.5 Å². The van der Waals surface area contributed by atoms with Crippen molar-refractivity contribution in [3.05, 3.63) is 119 Å². The topological polar surface area (TPSA) is 20.2 Å². The van der Waals surface area contributed by atoms with Gasteiger partial charge in [0.1, 0.15) is 5.60 Å². The summed E-state index contributed by atoms with van der Waals surface area (Å²) in [5, 5.41) is 12.3. The van der Waals surface area contributed by atoms with E-state index in [-0.39, 0.29) is 0 Å². The first-order chi connectivity index (χ1) is 13.2. The molecule has 130 valence electrons. The standard InChI is InChI=1S/C26H20O/c1-18-10-5-7-16-23(18)26(27)24-17-8-6-13-21(24)22-15-9-14-20(25(22)26)19-11-3-2-4-12-19/h2-17,27H,1H3. The second kappa shape index (κ2) is 5.94. The molecule has 0 heterocycles. The van der Waals surface area contributed by atoms with Crippen LogP contribution in [0.4, 0.5) is 0 Å². The molecule has 27 heavy (non-hydrogen) atoms. The van der Waals surface area contributed by atoms with Crippen LogP contribution in [0.3, 0.4) is 0 Å². The molecule has 0 spiro atoms. The zero-order chi connectivity index (χ0) is 18.4. The van der Waals surface area contributed by atoms with Gasteiger partial charge in [0.2, 0.25) is 0 Å². The van der Waals surface area contributed by atoms with E-state index in [2.05, 4.69) is 55.5 Å². The maximum absolute atomic E-state index is 12.3. The summed E-state index contributed by atoms with van der Waals surface area (Å²) in [5.74, 6) is 0. The van der Waals surface area contributed by atoms with Crippen LogP contribution in [-0.2, 0) is 5.60 Å². The first kappa shape index (κ1) is 16.0. The molecule has 0 aromatic heterocycles. The predicted molar refractivity (Wildman–Crippen MR) is 111 cm³/mol. The van der Waals surface area contributed by atoms with Crippen molar-refractivity contribution >= 4 is 0 Å². The Labute approximate surface area is 159 Å². The highest BCUT2D eigenvalue weighted by molar-refractivity contribution is 5.89. The van der Waals surface area contributed by atoms with Crippen LogP contribution >= 0.6 is 0 Å². The van der Waals surface area contributed by atoms with Crippen molar-refractivity contribution in [2.75, 3.05) is 0 Å². The third-order valence-electron chi connectivity index (χ3n) is 5.65. The molecule has 0 saturated carbocycles. The van der Waals surface area contributed by atoms with E-state index in [4.69, 9.17) is 0 Å². The minimum absolute atomic E-state index is 0.944. The van der Waals surface area contributed by atoms with E-state index >= 15 is 0 Å². The number of benzene rings is 4. The third-order valence-corrected chi connectivity index (χ3v) is 5.65. The van der Waals surface area contributed by atoms with Crippen LogP contribution in [0.2, 0.25) is 0 Å². The molecule has 1 atom stereocenters. The van der Waals surface area contributed by atoms with Crippen LogP contribution in [0.1, 0.15) is 22.3 Å². The SMILES string of the molecule is Cc1ccccc1C1(O)c2ccccc2-c2cccc(-c3ccccc3)c21. The monoisotopic (exact) mass is 348 g/mol. The van der Waals surface area contributed by atoms with Crippen LogP contribution in [0, 0.1) is 6.92 Å². The number of rotatable bonds is 2. The van der Waals surface area contributed by atoms with E-state index in [0.717, 1.165) is 44.5 Å².